The molecule has 0 radical (unpaired) electrons. The normalized spacial score (nSPS) is 20.2. The van der Waals surface area contributed by atoms with Crippen LogP contribution in [0.25, 0.3) is 0 Å². The molecule has 1 saturated heterocycles. The zero-order valence-corrected chi connectivity index (χ0v) is 14.5. The minimum Gasteiger partial charge on any atom is -0.494 e. The molecular formula is C17H26N4O3. The van der Waals surface area contributed by atoms with E-state index in [1.54, 1.807) is 26.6 Å². The molecule has 1 aliphatic carbocycles. The van der Waals surface area contributed by atoms with E-state index in [2.05, 4.69) is 14.9 Å². The quantitative estimate of drug-likeness (QED) is 0.809. The first kappa shape index (κ1) is 17.0. The third kappa shape index (κ3) is 3.31. The maximum absolute atomic E-state index is 13.0. The van der Waals surface area contributed by atoms with E-state index in [9.17, 15) is 4.79 Å². The molecular weight excluding hydrogens is 308 g/mol. The summed E-state index contributed by atoms with van der Waals surface area (Å²) in [6.45, 7) is 3.64. The van der Waals surface area contributed by atoms with Gasteiger partial charge >= 0.3 is 0 Å². The van der Waals surface area contributed by atoms with Crippen LogP contribution in [0, 0.1) is 5.41 Å². The monoisotopic (exact) mass is 334 g/mol. The number of hydrogen-bond donors (Lipinski definition) is 0. The summed E-state index contributed by atoms with van der Waals surface area (Å²) in [6.07, 6.45) is 7.29. The SMILES string of the molecule is COCC1(C(=O)N2CCCN(c3ncc(OC)cn3)CC2)CCC1. The molecule has 2 aliphatic rings. The molecule has 0 unspecified atom stereocenters. The zero-order valence-electron chi connectivity index (χ0n) is 14.5. The standard InChI is InChI=1S/C17H26N4O3/c1-23-13-17(5-3-6-17)15(22)20-7-4-8-21(10-9-20)16-18-11-14(24-2)12-19-16/h11-12H,3-10,13H2,1-2H3. The number of rotatable bonds is 5. The number of hydrogen-bond acceptors (Lipinski definition) is 6. The van der Waals surface area contributed by atoms with E-state index < -0.39 is 0 Å². The Bertz CT molecular complexity index is 559. The molecule has 0 N–H and O–H groups in total. The maximum Gasteiger partial charge on any atom is 0.231 e. The molecule has 1 amide bonds. The highest BCUT2D eigenvalue weighted by molar-refractivity contribution is 5.84. The van der Waals surface area contributed by atoms with Gasteiger partial charge in [-0.25, -0.2) is 9.97 Å². The molecule has 7 heteroatoms. The topological polar surface area (TPSA) is 67.8 Å². The number of anilines is 1. The van der Waals surface area contributed by atoms with Crippen molar-refractivity contribution in [1.29, 1.82) is 0 Å². The second-order valence-electron chi connectivity index (χ2n) is 6.62. The Morgan fingerprint density at radius 2 is 1.88 bits per heavy atom. The molecule has 1 saturated carbocycles. The lowest BCUT2D eigenvalue weighted by Crippen LogP contribution is -2.51. The highest BCUT2D eigenvalue weighted by Crippen LogP contribution is 2.42. The summed E-state index contributed by atoms with van der Waals surface area (Å²) in [5.41, 5.74) is -0.277. The molecule has 1 aromatic heterocycles. The summed E-state index contributed by atoms with van der Waals surface area (Å²) in [6, 6.07) is 0. The maximum atomic E-state index is 13.0. The van der Waals surface area contributed by atoms with E-state index in [0.717, 1.165) is 45.3 Å². The van der Waals surface area contributed by atoms with E-state index in [1.807, 2.05) is 4.90 Å². The van der Waals surface area contributed by atoms with Gasteiger partial charge in [0.2, 0.25) is 11.9 Å². The van der Waals surface area contributed by atoms with Crippen LogP contribution in [0.15, 0.2) is 12.4 Å². The fraction of sp³-hybridized carbons (Fsp3) is 0.706. The summed E-state index contributed by atoms with van der Waals surface area (Å²) in [7, 11) is 3.28. The van der Waals surface area contributed by atoms with Crippen molar-refractivity contribution in [2.45, 2.75) is 25.7 Å². The summed E-state index contributed by atoms with van der Waals surface area (Å²) >= 11 is 0. The number of carbonyl (C=O) groups is 1. The predicted octanol–water partition coefficient (Wildman–Crippen LogP) is 1.34. The van der Waals surface area contributed by atoms with E-state index in [1.165, 1.54) is 0 Å². The number of amides is 1. The Morgan fingerprint density at radius 1 is 1.12 bits per heavy atom. The summed E-state index contributed by atoms with van der Waals surface area (Å²) in [5, 5.41) is 0. The van der Waals surface area contributed by atoms with Crippen molar-refractivity contribution in [3.05, 3.63) is 12.4 Å². The summed E-state index contributed by atoms with van der Waals surface area (Å²) < 4.78 is 10.4. The van der Waals surface area contributed by atoms with Crippen LogP contribution in [0.1, 0.15) is 25.7 Å². The van der Waals surface area contributed by atoms with E-state index in [-0.39, 0.29) is 11.3 Å². The largest absolute Gasteiger partial charge is 0.494 e. The zero-order chi connectivity index (χ0) is 17.0. The lowest BCUT2D eigenvalue weighted by molar-refractivity contribution is -0.151. The molecule has 3 rings (SSSR count). The smallest absolute Gasteiger partial charge is 0.231 e. The van der Waals surface area contributed by atoms with E-state index in [4.69, 9.17) is 9.47 Å². The van der Waals surface area contributed by atoms with Crippen molar-refractivity contribution in [3.8, 4) is 5.75 Å². The Kier molecular flexibility index (Phi) is 5.18. The van der Waals surface area contributed by atoms with Crippen LogP contribution in [-0.2, 0) is 9.53 Å². The van der Waals surface area contributed by atoms with Gasteiger partial charge in [-0.2, -0.15) is 0 Å². The lowest BCUT2D eigenvalue weighted by Gasteiger charge is -2.42. The molecule has 0 aromatic carbocycles. The number of methoxy groups -OCH3 is 2. The average molecular weight is 334 g/mol. The Hall–Kier alpha value is -1.89. The van der Waals surface area contributed by atoms with Gasteiger partial charge in [0.25, 0.3) is 0 Å². The molecule has 7 nitrogen and oxygen atoms in total. The van der Waals surface area contributed by atoms with Gasteiger partial charge in [-0.3, -0.25) is 4.79 Å². The first-order valence-corrected chi connectivity index (χ1v) is 8.58. The van der Waals surface area contributed by atoms with Gasteiger partial charge in [0.1, 0.15) is 0 Å². The molecule has 2 heterocycles. The van der Waals surface area contributed by atoms with E-state index in [0.29, 0.717) is 24.8 Å². The van der Waals surface area contributed by atoms with Crippen LogP contribution in [0.3, 0.4) is 0 Å². The molecule has 1 aromatic rings. The highest BCUT2D eigenvalue weighted by Gasteiger charge is 2.46. The van der Waals surface area contributed by atoms with Gasteiger partial charge in [0.05, 0.1) is 31.5 Å². The van der Waals surface area contributed by atoms with Crippen molar-refractivity contribution in [2.24, 2.45) is 5.41 Å². The number of carbonyl (C=O) groups excluding carboxylic acids is 1. The minimum absolute atomic E-state index is 0.257. The molecule has 0 atom stereocenters. The van der Waals surface area contributed by atoms with Gasteiger partial charge in [-0.15, -0.1) is 0 Å². The molecule has 2 fully saturated rings. The second kappa shape index (κ2) is 7.34. The van der Waals surface area contributed by atoms with Crippen molar-refractivity contribution in [3.63, 3.8) is 0 Å². The highest BCUT2D eigenvalue weighted by atomic mass is 16.5. The third-order valence-corrected chi connectivity index (χ3v) is 5.10. The number of nitrogens with zero attached hydrogens (tertiary/aromatic N) is 4. The van der Waals surface area contributed by atoms with Crippen LogP contribution in [0.2, 0.25) is 0 Å². The molecule has 0 spiro atoms. The predicted molar refractivity (Wildman–Crippen MR) is 90.2 cm³/mol. The summed E-state index contributed by atoms with van der Waals surface area (Å²) in [5.74, 6) is 1.60. The van der Waals surface area contributed by atoms with Gasteiger partial charge in [-0.1, -0.05) is 6.42 Å². The fourth-order valence-corrected chi connectivity index (χ4v) is 3.53. The third-order valence-electron chi connectivity index (χ3n) is 5.10. The first-order valence-electron chi connectivity index (χ1n) is 8.58. The van der Waals surface area contributed by atoms with Gasteiger partial charge in [0, 0.05) is 33.3 Å². The van der Waals surface area contributed by atoms with Crippen molar-refractivity contribution < 1.29 is 14.3 Å². The Labute approximate surface area is 143 Å². The number of aromatic nitrogens is 2. The Morgan fingerprint density at radius 3 is 2.46 bits per heavy atom. The van der Waals surface area contributed by atoms with Crippen molar-refractivity contribution in [1.82, 2.24) is 14.9 Å². The van der Waals surface area contributed by atoms with Crippen LogP contribution >= 0.6 is 0 Å². The van der Waals surface area contributed by atoms with Gasteiger partial charge < -0.3 is 19.3 Å². The first-order chi connectivity index (χ1) is 11.7. The van der Waals surface area contributed by atoms with Crippen LogP contribution in [0.5, 0.6) is 5.75 Å². The molecule has 132 valence electrons. The van der Waals surface area contributed by atoms with Gasteiger partial charge in [-0.05, 0) is 19.3 Å². The number of ether oxygens (including phenoxy) is 2. The van der Waals surface area contributed by atoms with Crippen LogP contribution in [0.4, 0.5) is 5.95 Å². The molecule has 24 heavy (non-hydrogen) atoms. The lowest BCUT2D eigenvalue weighted by atomic mass is 9.68. The molecule has 0 bridgehead atoms. The average Bonchev–Trinajstić information content (AvgIpc) is 2.84. The fourth-order valence-electron chi connectivity index (χ4n) is 3.53. The van der Waals surface area contributed by atoms with Crippen molar-refractivity contribution >= 4 is 11.9 Å². The van der Waals surface area contributed by atoms with E-state index >= 15 is 0 Å². The van der Waals surface area contributed by atoms with Crippen LogP contribution in [-0.4, -0.2) is 67.8 Å². The minimum atomic E-state index is -0.277. The Balaban J connectivity index is 1.63. The van der Waals surface area contributed by atoms with Crippen molar-refractivity contribution in [2.75, 3.05) is 51.9 Å². The van der Waals surface area contributed by atoms with Gasteiger partial charge in [0.15, 0.2) is 5.75 Å². The van der Waals surface area contributed by atoms with Crippen LogP contribution < -0.4 is 9.64 Å². The second-order valence-corrected chi connectivity index (χ2v) is 6.62. The summed E-state index contributed by atoms with van der Waals surface area (Å²) in [4.78, 5) is 25.8. The molecule has 1 aliphatic heterocycles.